The van der Waals surface area contributed by atoms with Crippen molar-refractivity contribution < 1.29 is 23.9 Å². The first-order valence-corrected chi connectivity index (χ1v) is 9.63. The van der Waals surface area contributed by atoms with Crippen LogP contribution in [0.5, 0.6) is 5.75 Å². The normalized spacial score (nSPS) is 11.9. The highest BCUT2D eigenvalue weighted by Gasteiger charge is 2.17. The summed E-state index contributed by atoms with van der Waals surface area (Å²) < 4.78 is 10.5. The first kappa shape index (κ1) is 20.4. The number of rotatable bonds is 7. The Morgan fingerprint density at radius 1 is 1.07 bits per heavy atom. The molecule has 2 aromatic carbocycles. The lowest BCUT2D eigenvalue weighted by atomic mass is 10.1. The molecule has 7 nitrogen and oxygen atoms in total. The van der Waals surface area contributed by atoms with Crippen LogP contribution >= 0.6 is 0 Å². The monoisotopic (exact) mass is 396 g/mol. The van der Waals surface area contributed by atoms with Gasteiger partial charge in [0.05, 0.1) is 12.2 Å². The van der Waals surface area contributed by atoms with Crippen molar-refractivity contribution in [3.8, 4) is 5.75 Å². The Kier molecular flexibility index (Phi) is 6.49. The molecule has 1 heterocycles. The predicted octanol–water partition coefficient (Wildman–Crippen LogP) is 2.90. The summed E-state index contributed by atoms with van der Waals surface area (Å²) >= 11 is 0. The van der Waals surface area contributed by atoms with E-state index in [0.717, 1.165) is 17.7 Å². The second-order valence-corrected chi connectivity index (χ2v) is 6.60. The summed E-state index contributed by atoms with van der Waals surface area (Å²) in [7, 11) is 0. The Morgan fingerprint density at radius 3 is 2.62 bits per heavy atom. The highest BCUT2D eigenvalue weighted by molar-refractivity contribution is 5.98. The Bertz CT molecular complexity index is 921. The van der Waals surface area contributed by atoms with Crippen molar-refractivity contribution in [2.24, 2.45) is 0 Å². The van der Waals surface area contributed by atoms with E-state index in [-0.39, 0.29) is 5.91 Å². The van der Waals surface area contributed by atoms with E-state index in [2.05, 4.69) is 5.32 Å². The first-order valence-electron chi connectivity index (χ1n) is 9.63. The average Bonchev–Trinajstić information content (AvgIpc) is 3.21. The summed E-state index contributed by atoms with van der Waals surface area (Å²) in [5.41, 5.74) is 2.30. The maximum absolute atomic E-state index is 12.4. The average molecular weight is 396 g/mol. The number of ether oxygens (including phenoxy) is 2. The summed E-state index contributed by atoms with van der Waals surface area (Å²) in [6.07, 6.45) is 0.749. The molecule has 0 aromatic heterocycles. The lowest BCUT2D eigenvalue weighted by molar-refractivity contribution is -0.119. The van der Waals surface area contributed by atoms with Crippen LogP contribution in [0.2, 0.25) is 0 Å². The van der Waals surface area contributed by atoms with Gasteiger partial charge in [0.1, 0.15) is 5.75 Å². The topological polar surface area (TPSA) is 84.9 Å². The molecule has 0 spiro atoms. The van der Waals surface area contributed by atoms with Crippen LogP contribution in [0.15, 0.2) is 42.5 Å². The highest BCUT2D eigenvalue weighted by Crippen LogP contribution is 2.26. The van der Waals surface area contributed by atoms with Gasteiger partial charge in [-0.1, -0.05) is 6.07 Å². The molecule has 0 saturated heterocycles. The molecular formula is C22H24N2O5. The Hall–Kier alpha value is -3.35. The molecule has 0 bridgehead atoms. The molecule has 0 radical (unpaired) electrons. The van der Waals surface area contributed by atoms with Gasteiger partial charge < -0.3 is 19.7 Å². The Labute approximate surface area is 169 Å². The zero-order valence-electron chi connectivity index (χ0n) is 16.6. The molecule has 0 atom stereocenters. The molecule has 3 rings (SSSR count). The molecule has 7 heteroatoms. The van der Waals surface area contributed by atoms with E-state index in [0.29, 0.717) is 36.5 Å². The second kappa shape index (κ2) is 9.23. The fourth-order valence-electron chi connectivity index (χ4n) is 3.15. The molecule has 0 aliphatic carbocycles. The second-order valence-electron chi connectivity index (χ2n) is 6.60. The minimum absolute atomic E-state index is 0.0990. The maximum atomic E-state index is 12.4. The highest BCUT2D eigenvalue weighted by atomic mass is 16.5. The van der Waals surface area contributed by atoms with Crippen molar-refractivity contribution in [3.05, 3.63) is 59.2 Å². The number of anilines is 1. The minimum atomic E-state index is -0.569. The van der Waals surface area contributed by atoms with E-state index in [9.17, 15) is 14.4 Å². The molecule has 0 unspecified atom stereocenters. The van der Waals surface area contributed by atoms with Crippen molar-refractivity contribution in [1.82, 2.24) is 4.90 Å². The molecule has 2 aromatic rings. The molecule has 1 aliphatic heterocycles. The van der Waals surface area contributed by atoms with Crippen LogP contribution in [0.1, 0.15) is 40.1 Å². The summed E-state index contributed by atoms with van der Waals surface area (Å²) in [6.45, 7) is 5.23. The number of esters is 1. The molecule has 0 fully saturated rings. The van der Waals surface area contributed by atoms with Crippen LogP contribution in [0.25, 0.3) is 0 Å². The van der Waals surface area contributed by atoms with Gasteiger partial charge in [0.25, 0.3) is 11.8 Å². The van der Waals surface area contributed by atoms with Gasteiger partial charge in [-0.05, 0) is 55.8 Å². The van der Waals surface area contributed by atoms with Gasteiger partial charge in [-0.2, -0.15) is 0 Å². The van der Waals surface area contributed by atoms with E-state index >= 15 is 0 Å². The van der Waals surface area contributed by atoms with E-state index in [1.807, 2.05) is 13.8 Å². The Balaban J connectivity index is 1.56. The molecule has 2 amide bonds. The molecular weight excluding hydrogens is 372 g/mol. The fraction of sp³-hybridized carbons (Fsp3) is 0.318. The van der Waals surface area contributed by atoms with Gasteiger partial charge >= 0.3 is 5.97 Å². The van der Waals surface area contributed by atoms with E-state index in [1.165, 1.54) is 0 Å². The van der Waals surface area contributed by atoms with Crippen LogP contribution < -0.4 is 10.1 Å². The largest absolute Gasteiger partial charge is 0.493 e. The SMILES string of the molecule is CCN(CC)C(=O)c1cccc(NC(=O)COC(=O)c2ccc3c(c2)CCO3)c1. The standard InChI is InChI=1S/C22H24N2O5/c1-3-24(4-2)21(26)16-6-5-7-18(13-16)23-20(25)14-29-22(27)17-8-9-19-15(12-17)10-11-28-19/h5-9,12-13H,3-4,10-11,14H2,1-2H3,(H,23,25). The van der Waals surface area contributed by atoms with Gasteiger partial charge in [0, 0.05) is 30.8 Å². The van der Waals surface area contributed by atoms with Crippen LogP contribution in [-0.2, 0) is 16.0 Å². The summed E-state index contributed by atoms with van der Waals surface area (Å²) in [4.78, 5) is 38.5. The summed E-state index contributed by atoms with van der Waals surface area (Å²) in [6, 6.07) is 11.8. The van der Waals surface area contributed by atoms with Crippen LogP contribution in [0, 0.1) is 0 Å². The molecule has 29 heavy (non-hydrogen) atoms. The number of hydrogen-bond donors (Lipinski definition) is 1. The van der Waals surface area contributed by atoms with Gasteiger partial charge in [-0.25, -0.2) is 4.79 Å². The predicted molar refractivity (Wildman–Crippen MR) is 108 cm³/mol. The zero-order valence-corrected chi connectivity index (χ0v) is 16.6. The van der Waals surface area contributed by atoms with Gasteiger partial charge in [0.2, 0.25) is 0 Å². The van der Waals surface area contributed by atoms with Crippen molar-refractivity contribution in [3.63, 3.8) is 0 Å². The van der Waals surface area contributed by atoms with Crippen molar-refractivity contribution in [2.45, 2.75) is 20.3 Å². The molecule has 152 valence electrons. The third-order valence-corrected chi connectivity index (χ3v) is 4.70. The number of nitrogens with one attached hydrogen (secondary N) is 1. The summed E-state index contributed by atoms with van der Waals surface area (Å²) in [5.74, 6) is -0.368. The lowest BCUT2D eigenvalue weighted by Gasteiger charge is -2.19. The van der Waals surface area contributed by atoms with Gasteiger partial charge in [-0.3, -0.25) is 9.59 Å². The third-order valence-electron chi connectivity index (χ3n) is 4.70. The summed E-state index contributed by atoms with van der Waals surface area (Å²) in [5, 5.41) is 2.65. The first-order chi connectivity index (χ1) is 14.0. The van der Waals surface area contributed by atoms with E-state index in [4.69, 9.17) is 9.47 Å². The van der Waals surface area contributed by atoms with Crippen molar-refractivity contribution >= 4 is 23.5 Å². The van der Waals surface area contributed by atoms with E-state index < -0.39 is 18.5 Å². The molecule has 1 N–H and O–H groups in total. The number of benzene rings is 2. The number of fused-ring (bicyclic) bond motifs is 1. The van der Waals surface area contributed by atoms with E-state index in [1.54, 1.807) is 47.4 Å². The zero-order chi connectivity index (χ0) is 20.8. The fourth-order valence-corrected chi connectivity index (χ4v) is 3.15. The minimum Gasteiger partial charge on any atom is -0.493 e. The van der Waals surface area contributed by atoms with Gasteiger partial charge in [0.15, 0.2) is 6.61 Å². The lowest BCUT2D eigenvalue weighted by Crippen LogP contribution is -2.30. The maximum Gasteiger partial charge on any atom is 0.338 e. The smallest absolute Gasteiger partial charge is 0.338 e. The van der Waals surface area contributed by atoms with Crippen LogP contribution in [0.3, 0.4) is 0 Å². The number of amides is 2. The van der Waals surface area contributed by atoms with Crippen LogP contribution in [0.4, 0.5) is 5.69 Å². The Morgan fingerprint density at radius 2 is 1.86 bits per heavy atom. The van der Waals surface area contributed by atoms with Gasteiger partial charge in [-0.15, -0.1) is 0 Å². The number of hydrogen-bond acceptors (Lipinski definition) is 5. The van der Waals surface area contributed by atoms with Crippen molar-refractivity contribution in [1.29, 1.82) is 0 Å². The quantitative estimate of drug-likeness (QED) is 0.728. The van der Waals surface area contributed by atoms with Crippen LogP contribution in [-0.4, -0.2) is 49.0 Å². The third kappa shape index (κ3) is 4.93. The van der Waals surface area contributed by atoms with Crippen molar-refractivity contribution in [2.75, 3.05) is 31.6 Å². The molecule has 1 aliphatic rings. The number of carbonyl (C=O) groups excluding carboxylic acids is 3. The molecule has 0 saturated carbocycles. The number of nitrogens with zero attached hydrogens (tertiary/aromatic N) is 1. The number of carbonyl (C=O) groups is 3.